The summed E-state index contributed by atoms with van der Waals surface area (Å²) >= 11 is 0. The molecule has 1 N–H and O–H groups in total. The maximum atomic E-state index is 11.6. The number of aromatic nitrogens is 1. The van der Waals surface area contributed by atoms with E-state index >= 15 is 0 Å². The normalized spacial score (nSPS) is 11.4. The lowest BCUT2D eigenvalue weighted by molar-refractivity contribution is -0.127. The number of ether oxygens (including phenoxy) is 2. The molecule has 8 nitrogen and oxygen atoms in total. The predicted molar refractivity (Wildman–Crippen MR) is 98.6 cm³/mol. The van der Waals surface area contributed by atoms with E-state index in [-0.39, 0.29) is 19.2 Å². The minimum atomic E-state index is -0.213. The molecule has 2 heterocycles. The minimum Gasteiger partial charge on any atom is -0.454 e. The Kier molecular flexibility index (Phi) is 7.66. The zero-order chi connectivity index (χ0) is 19.6. The number of amides is 2. The number of oxazole rings is 1. The third-order valence-corrected chi connectivity index (χ3v) is 3.78. The topological polar surface area (TPSA) is 93.9 Å². The number of carbonyl (C=O) groups excluding carboxylic acids is 2. The van der Waals surface area contributed by atoms with Gasteiger partial charge in [0.15, 0.2) is 17.9 Å². The zero-order valence-electron chi connectivity index (χ0n) is 15.9. The molecule has 0 atom stereocenters. The highest BCUT2D eigenvalue weighted by Crippen LogP contribution is 2.33. The third kappa shape index (κ3) is 5.73. The van der Waals surface area contributed by atoms with Gasteiger partial charge in [-0.15, -0.1) is 0 Å². The number of carbonyl (C=O) groups is 2. The number of fused-ring (bicyclic) bond motifs is 1. The first-order chi connectivity index (χ1) is 13.2. The number of nitrogens with zero attached hydrogens (tertiary/aromatic N) is 2. The Balaban J connectivity index is 0.00000126. The Labute approximate surface area is 158 Å². The van der Waals surface area contributed by atoms with Crippen LogP contribution in [-0.4, -0.2) is 49.1 Å². The zero-order valence-corrected chi connectivity index (χ0v) is 15.9. The van der Waals surface area contributed by atoms with Crippen LogP contribution in [0.3, 0.4) is 0 Å². The number of nitrogens with one attached hydrogen (secondary N) is 1. The molecule has 2 aromatic rings. The molecule has 0 unspecified atom stereocenters. The van der Waals surface area contributed by atoms with Crippen LogP contribution < -0.4 is 14.8 Å². The van der Waals surface area contributed by atoms with Gasteiger partial charge in [-0.1, -0.05) is 19.9 Å². The number of hydrogen-bond donors (Lipinski definition) is 1. The Morgan fingerprint density at radius 1 is 1.30 bits per heavy atom. The number of hydrogen-bond acceptors (Lipinski definition) is 6. The van der Waals surface area contributed by atoms with E-state index in [1.54, 1.807) is 7.05 Å². The van der Waals surface area contributed by atoms with Crippen LogP contribution in [0.4, 0.5) is 0 Å². The molecule has 0 saturated carbocycles. The highest BCUT2D eigenvalue weighted by Gasteiger charge is 2.15. The van der Waals surface area contributed by atoms with Crippen LogP contribution in [0.25, 0.3) is 0 Å². The van der Waals surface area contributed by atoms with Crippen LogP contribution in [0.2, 0.25) is 0 Å². The summed E-state index contributed by atoms with van der Waals surface area (Å²) < 4.78 is 16.2. The number of rotatable bonds is 8. The van der Waals surface area contributed by atoms with E-state index < -0.39 is 0 Å². The second kappa shape index (κ2) is 10.2. The average molecular weight is 375 g/mol. The fourth-order valence-electron chi connectivity index (χ4n) is 2.52. The molecule has 27 heavy (non-hydrogen) atoms. The van der Waals surface area contributed by atoms with Gasteiger partial charge in [0.2, 0.25) is 19.1 Å². The molecule has 8 heteroatoms. The Hall–Kier alpha value is -3.03. The van der Waals surface area contributed by atoms with Gasteiger partial charge in [0, 0.05) is 26.4 Å². The quantitative estimate of drug-likeness (QED) is 0.707. The molecule has 146 valence electrons. The highest BCUT2D eigenvalue weighted by atomic mass is 16.7. The van der Waals surface area contributed by atoms with Crippen LogP contribution in [0.5, 0.6) is 11.5 Å². The van der Waals surface area contributed by atoms with Gasteiger partial charge in [-0.3, -0.25) is 9.59 Å². The Morgan fingerprint density at radius 2 is 2.07 bits per heavy atom. The minimum absolute atomic E-state index is 0.0341. The van der Waals surface area contributed by atoms with Crippen molar-refractivity contribution in [3.8, 4) is 11.5 Å². The summed E-state index contributed by atoms with van der Waals surface area (Å²) in [6.07, 6.45) is 3.14. The van der Waals surface area contributed by atoms with Crippen LogP contribution >= 0.6 is 0 Å². The number of likely N-dealkylation sites (N-methyl/N-ethyl adjacent to an activating group) is 1. The fraction of sp³-hybridized carbons (Fsp3) is 0.421. The van der Waals surface area contributed by atoms with Crippen molar-refractivity contribution < 1.29 is 23.5 Å². The molecule has 0 fully saturated rings. The van der Waals surface area contributed by atoms with Crippen molar-refractivity contribution in [1.82, 2.24) is 15.2 Å². The van der Waals surface area contributed by atoms with Crippen LogP contribution in [0, 0.1) is 0 Å². The number of benzene rings is 1. The Bertz CT molecular complexity index is 760. The largest absolute Gasteiger partial charge is 0.454 e. The molecule has 1 aliphatic heterocycles. The molecule has 1 aromatic carbocycles. The first kappa shape index (κ1) is 20.3. The molecule has 0 bridgehead atoms. The van der Waals surface area contributed by atoms with Crippen molar-refractivity contribution in [3.05, 3.63) is 41.6 Å². The highest BCUT2D eigenvalue weighted by molar-refractivity contribution is 5.79. The molecule has 3 rings (SSSR count). The summed E-state index contributed by atoms with van der Waals surface area (Å²) in [7, 11) is 1.55. The molecular formula is C19H25N3O5. The van der Waals surface area contributed by atoms with E-state index in [0.717, 1.165) is 28.5 Å². The molecule has 0 aliphatic carbocycles. The fourth-order valence-corrected chi connectivity index (χ4v) is 2.52. The molecule has 2 amide bonds. The maximum Gasteiger partial charge on any atom is 0.239 e. The van der Waals surface area contributed by atoms with Crippen LogP contribution in [-0.2, 0) is 22.4 Å². The van der Waals surface area contributed by atoms with E-state index in [0.29, 0.717) is 25.8 Å². The van der Waals surface area contributed by atoms with Gasteiger partial charge in [-0.25, -0.2) is 4.98 Å². The van der Waals surface area contributed by atoms with Gasteiger partial charge in [0.1, 0.15) is 5.76 Å². The van der Waals surface area contributed by atoms with Crippen LogP contribution in [0.1, 0.15) is 30.9 Å². The predicted octanol–water partition coefficient (Wildman–Crippen LogP) is 1.77. The molecule has 1 aliphatic rings. The van der Waals surface area contributed by atoms with Crippen molar-refractivity contribution in [1.29, 1.82) is 0 Å². The summed E-state index contributed by atoms with van der Waals surface area (Å²) in [4.78, 5) is 27.6. The summed E-state index contributed by atoms with van der Waals surface area (Å²) in [5.41, 5.74) is 1.82. The van der Waals surface area contributed by atoms with Gasteiger partial charge in [-0.05, 0) is 17.7 Å². The second-order valence-electron chi connectivity index (χ2n) is 5.71. The van der Waals surface area contributed by atoms with E-state index in [2.05, 4.69) is 10.3 Å². The lowest BCUT2D eigenvalue weighted by Gasteiger charge is -2.10. The van der Waals surface area contributed by atoms with Gasteiger partial charge in [-0.2, -0.15) is 0 Å². The van der Waals surface area contributed by atoms with Gasteiger partial charge in [0.25, 0.3) is 0 Å². The SMILES string of the molecule is CC.CN(C=O)CC(=O)NCCc1ncoc1Cc1ccc2c(c1)OCO2. The van der Waals surface area contributed by atoms with Crippen molar-refractivity contribution in [2.45, 2.75) is 26.7 Å². The van der Waals surface area contributed by atoms with Gasteiger partial charge in [0.05, 0.1) is 12.2 Å². The van der Waals surface area contributed by atoms with Crippen molar-refractivity contribution in [3.63, 3.8) is 0 Å². The lowest BCUT2D eigenvalue weighted by Crippen LogP contribution is -2.35. The second-order valence-corrected chi connectivity index (χ2v) is 5.71. The Morgan fingerprint density at radius 3 is 2.85 bits per heavy atom. The smallest absolute Gasteiger partial charge is 0.239 e. The van der Waals surface area contributed by atoms with E-state index in [9.17, 15) is 9.59 Å². The summed E-state index contributed by atoms with van der Waals surface area (Å²) in [6, 6.07) is 5.75. The summed E-state index contributed by atoms with van der Waals surface area (Å²) in [6.45, 7) is 4.70. The van der Waals surface area contributed by atoms with Crippen molar-refractivity contribution >= 4 is 12.3 Å². The molecule has 0 saturated heterocycles. The first-order valence-corrected chi connectivity index (χ1v) is 8.87. The third-order valence-electron chi connectivity index (χ3n) is 3.78. The van der Waals surface area contributed by atoms with Crippen LogP contribution in [0.15, 0.2) is 29.0 Å². The molecular weight excluding hydrogens is 350 g/mol. The molecule has 1 aromatic heterocycles. The first-order valence-electron chi connectivity index (χ1n) is 8.87. The lowest BCUT2D eigenvalue weighted by atomic mass is 10.1. The molecule has 0 radical (unpaired) electrons. The standard InChI is InChI=1S/C17H19N3O5.C2H6/c1-20(10-21)8-17(22)18-5-4-13-15(23-9-19-13)6-12-2-3-14-16(7-12)25-11-24-14;1-2/h2-3,7,9-10H,4-6,8,11H2,1H3,(H,18,22);1-2H3. The average Bonchev–Trinajstić information content (AvgIpc) is 3.32. The maximum absolute atomic E-state index is 11.6. The molecule has 0 spiro atoms. The van der Waals surface area contributed by atoms with Gasteiger partial charge < -0.3 is 24.1 Å². The van der Waals surface area contributed by atoms with E-state index in [1.165, 1.54) is 11.3 Å². The summed E-state index contributed by atoms with van der Waals surface area (Å²) in [5.74, 6) is 2.00. The summed E-state index contributed by atoms with van der Waals surface area (Å²) in [5, 5.41) is 2.75. The van der Waals surface area contributed by atoms with E-state index in [1.807, 2.05) is 32.0 Å². The van der Waals surface area contributed by atoms with Gasteiger partial charge >= 0.3 is 0 Å². The monoisotopic (exact) mass is 375 g/mol. The van der Waals surface area contributed by atoms with Crippen molar-refractivity contribution in [2.75, 3.05) is 26.9 Å². The van der Waals surface area contributed by atoms with Crippen molar-refractivity contribution in [2.24, 2.45) is 0 Å². The van der Waals surface area contributed by atoms with E-state index in [4.69, 9.17) is 13.9 Å².